The van der Waals surface area contributed by atoms with Gasteiger partial charge in [-0.3, -0.25) is 9.59 Å². The molecule has 0 bridgehead atoms. The zero-order valence-electron chi connectivity index (χ0n) is 9.31. The summed E-state index contributed by atoms with van der Waals surface area (Å²) in [6.07, 6.45) is 2.32. The van der Waals surface area contributed by atoms with Crippen molar-refractivity contribution >= 4 is 23.0 Å². The molecule has 3 nitrogen and oxygen atoms in total. The molecular formula is C12H15NO2S. The largest absolute Gasteiger partial charge is 0.328 e. The van der Waals surface area contributed by atoms with Gasteiger partial charge in [0, 0.05) is 17.8 Å². The quantitative estimate of drug-likeness (QED) is 0.754. The van der Waals surface area contributed by atoms with Crippen LogP contribution in [0.1, 0.15) is 37.1 Å². The zero-order valence-corrected chi connectivity index (χ0v) is 10.1. The van der Waals surface area contributed by atoms with E-state index in [1.54, 1.807) is 16.2 Å². The second-order valence-corrected chi connectivity index (χ2v) is 4.97. The maximum Gasteiger partial charge on any atom is 0.290 e. The fraction of sp³-hybridized carbons (Fsp3) is 0.500. The summed E-state index contributed by atoms with van der Waals surface area (Å²) in [4.78, 5) is 25.9. The van der Waals surface area contributed by atoms with Crippen molar-refractivity contribution in [3.8, 4) is 0 Å². The average Bonchev–Trinajstić information content (AvgIpc) is 2.89. The number of amides is 1. The molecule has 1 unspecified atom stereocenters. The Morgan fingerprint density at radius 1 is 1.50 bits per heavy atom. The molecule has 1 saturated heterocycles. The van der Waals surface area contributed by atoms with Crippen molar-refractivity contribution in [2.75, 3.05) is 6.54 Å². The number of Topliss-reactive ketones (excluding diaryl/α,β-unsaturated/α-hetero) is 1. The van der Waals surface area contributed by atoms with Gasteiger partial charge in [-0.05, 0) is 17.9 Å². The number of nitrogens with zero attached hydrogens (tertiary/aromatic N) is 1. The molecule has 0 saturated carbocycles. The monoisotopic (exact) mass is 237 g/mol. The van der Waals surface area contributed by atoms with E-state index in [1.807, 2.05) is 17.5 Å². The van der Waals surface area contributed by atoms with Crippen LogP contribution < -0.4 is 0 Å². The van der Waals surface area contributed by atoms with E-state index >= 15 is 0 Å². The van der Waals surface area contributed by atoms with Gasteiger partial charge in [0.05, 0.1) is 6.04 Å². The molecule has 1 aliphatic rings. The zero-order chi connectivity index (χ0) is 11.5. The van der Waals surface area contributed by atoms with Gasteiger partial charge < -0.3 is 4.90 Å². The SMILES string of the molecule is CCCC(c1cccs1)N1CCC(=O)C1=O. The van der Waals surface area contributed by atoms with E-state index in [2.05, 4.69) is 6.92 Å². The molecule has 0 N–H and O–H groups in total. The maximum absolute atomic E-state index is 11.7. The summed E-state index contributed by atoms with van der Waals surface area (Å²) in [6, 6.07) is 4.13. The first-order valence-corrected chi connectivity index (χ1v) is 6.49. The number of thiophene rings is 1. The molecule has 2 rings (SSSR count). The van der Waals surface area contributed by atoms with E-state index in [4.69, 9.17) is 0 Å². The Labute approximate surface area is 99.1 Å². The molecule has 1 aromatic rings. The molecule has 4 heteroatoms. The highest BCUT2D eigenvalue weighted by atomic mass is 32.1. The highest BCUT2D eigenvalue weighted by molar-refractivity contribution is 7.10. The first kappa shape index (κ1) is 11.3. The van der Waals surface area contributed by atoms with Gasteiger partial charge in [0.1, 0.15) is 0 Å². The number of ketones is 1. The van der Waals surface area contributed by atoms with Gasteiger partial charge in [-0.1, -0.05) is 19.4 Å². The summed E-state index contributed by atoms with van der Waals surface area (Å²) in [5.74, 6) is -0.537. The number of carbonyl (C=O) groups is 2. The third-order valence-electron chi connectivity index (χ3n) is 2.89. The number of carbonyl (C=O) groups excluding carboxylic acids is 2. The fourth-order valence-electron chi connectivity index (χ4n) is 2.09. The van der Waals surface area contributed by atoms with Gasteiger partial charge >= 0.3 is 0 Å². The van der Waals surface area contributed by atoms with Crippen LogP contribution in [-0.2, 0) is 9.59 Å². The smallest absolute Gasteiger partial charge is 0.290 e. The normalized spacial score (nSPS) is 18.2. The molecule has 1 atom stereocenters. The summed E-state index contributed by atoms with van der Waals surface area (Å²) in [6.45, 7) is 2.68. The van der Waals surface area contributed by atoms with Gasteiger partial charge in [-0.25, -0.2) is 0 Å². The van der Waals surface area contributed by atoms with Gasteiger partial charge in [0.15, 0.2) is 0 Å². The molecule has 0 radical (unpaired) electrons. The standard InChI is InChI=1S/C12H15NO2S/c1-2-4-9(11-5-3-8-16-11)13-7-6-10(14)12(13)15/h3,5,8-9H,2,4,6-7H2,1H3. The van der Waals surface area contributed by atoms with Crippen molar-refractivity contribution in [2.45, 2.75) is 32.2 Å². The molecule has 1 aliphatic heterocycles. The van der Waals surface area contributed by atoms with Gasteiger partial charge in [-0.2, -0.15) is 0 Å². The van der Waals surface area contributed by atoms with Crippen LogP contribution in [0.4, 0.5) is 0 Å². The van der Waals surface area contributed by atoms with E-state index in [-0.39, 0.29) is 17.7 Å². The van der Waals surface area contributed by atoms with Crippen molar-refractivity contribution in [1.82, 2.24) is 4.90 Å². The number of likely N-dealkylation sites (tertiary alicyclic amines) is 1. The molecule has 86 valence electrons. The van der Waals surface area contributed by atoms with Crippen LogP contribution in [0.15, 0.2) is 17.5 Å². The van der Waals surface area contributed by atoms with Crippen molar-refractivity contribution in [3.05, 3.63) is 22.4 Å². The van der Waals surface area contributed by atoms with Crippen LogP contribution in [0.25, 0.3) is 0 Å². The predicted molar refractivity (Wildman–Crippen MR) is 63.3 cm³/mol. The lowest BCUT2D eigenvalue weighted by Gasteiger charge is -2.25. The molecular weight excluding hydrogens is 222 g/mol. The van der Waals surface area contributed by atoms with Crippen LogP contribution in [0.3, 0.4) is 0 Å². The third kappa shape index (κ3) is 2.02. The Balaban J connectivity index is 2.20. The van der Waals surface area contributed by atoms with Crippen molar-refractivity contribution in [1.29, 1.82) is 0 Å². The lowest BCUT2D eigenvalue weighted by atomic mass is 10.1. The molecule has 2 heterocycles. The Hall–Kier alpha value is -1.16. The van der Waals surface area contributed by atoms with Gasteiger partial charge in [-0.15, -0.1) is 11.3 Å². The summed E-state index contributed by atoms with van der Waals surface area (Å²) < 4.78 is 0. The molecule has 1 fully saturated rings. The summed E-state index contributed by atoms with van der Waals surface area (Å²) in [5.41, 5.74) is 0. The molecule has 1 amide bonds. The van der Waals surface area contributed by atoms with Crippen molar-refractivity contribution < 1.29 is 9.59 Å². The molecule has 0 aliphatic carbocycles. The first-order chi connectivity index (χ1) is 7.74. The summed E-state index contributed by atoms with van der Waals surface area (Å²) in [5, 5.41) is 2.01. The Morgan fingerprint density at radius 3 is 2.81 bits per heavy atom. The van der Waals surface area contributed by atoms with E-state index < -0.39 is 0 Å². The lowest BCUT2D eigenvalue weighted by Crippen LogP contribution is -2.31. The highest BCUT2D eigenvalue weighted by Gasteiger charge is 2.34. The topological polar surface area (TPSA) is 37.4 Å². The second kappa shape index (κ2) is 4.78. The van der Waals surface area contributed by atoms with Crippen LogP contribution in [0, 0.1) is 0 Å². The van der Waals surface area contributed by atoms with E-state index in [1.165, 1.54) is 4.88 Å². The minimum absolute atomic E-state index is 0.101. The maximum atomic E-state index is 11.7. The first-order valence-electron chi connectivity index (χ1n) is 5.61. The second-order valence-electron chi connectivity index (χ2n) is 3.99. The van der Waals surface area contributed by atoms with E-state index in [9.17, 15) is 9.59 Å². The lowest BCUT2D eigenvalue weighted by molar-refractivity contribution is -0.141. The van der Waals surface area contributed by atoms with Gasteiger partial charge in [0.2, 0.25) is 5.78 Å². The molecule has 0 aromatic carbocycles. The number of rotatable bonds is 4. The van der Waals surface area contributed by atoms with E-state index in [0.29, 0.717) is 13.0 Å². The van der Waals surface area contributed by atoms with Crippen LogP contribution in [0.5, 0.6) is 0 Å². The minimum atomic E-state index is -0.299. The number of hydrogen-bond donors (Lipinski definition) is 0. The summed E-state index contributed by atoms with van der Waals surface area (Å²) in [7, 11) is 0. The minimum Gasteiger partial charge on any atom is -0.328 e. The Kier molecular flexibility index (Phi) is 3.39. The Morgan fingerprint density at radius 2 is 2.31 bits per heavy atom. The van der Waals surface area contributed by atoms with E-state index in [0.717, 1.165) is 12.8 Å². The van der Waals surface area contributed by atoms with Crippen LogP contribution in [-0.4, -0.2) is 23.1 Å². The third-order valence-corrected chi connectivity index (χ3v) is 3.86. The van der Waals surface area contributed by atoms with Gasteiger partial charge in [0.25, 0.3) is 5.91 Å². The highest BCUT2D eigenvalue weighted by Crippen LogP contribution is 2.31. The predicted octanol–water partition coefficient (Wildman–Crippen LogP) is 2.39. The number of hydrogen-bond acceptors (Lipinski definition) is 3. The molecule has 16 heavy (non-hydrogen) atoms. The molecule has 0 spiro atoms. The molecule has 1 aromatic heterocycles. The fourth-order valence-corrected chi connectivity index (χ4v) is 2.97. The average molecular weight is 237 g/mol. The van der Waals surface area contributed by atoms with Crippen LogP contribution >= 0.6 is 11.3 Å². The summed E-state index contributed by atoms with van der Waals surface area (Å²) >= 11 is 1.66. The van der Waals surface area contributed by atoms with Crippen LogP contribution in [0.2, 0.25) is 0 Å². The van der Waals surface area contributed by atoms with Crippen molar-refractivity contribution in [3.63, 3.8) is 0 Å². The van der Waals surface area contributed by atoms with Crippen molar-refractivity contribution in [2.24, 2.45) is 0 Å². The Bertz CT molecular complexity index is 386.